The molecule has 2 saturated heterocycles. The van der Waals surface area contributed by atoms with Gasteiger partial charge in [-0.1, -0.05) is 24.3 Å². The zero-order valence-corrected chi connectivity index (χ0v) is 14.5. The van der Waals surface area contributed by atoms with Crippen molar-refractivity contribution >= 4 is 5.91 Å². The van der Waals surface area contributed by atoms with Gasteiger partial charge in [-0.05, 0) is 43.5 Å². The van der Waals surface area contributed by atoms with Crippen LogP contribution in [0, 0.1) is 0 Å². The van der Waals surface area contributed by atoms with Crippen LogP contribution < -0.4 is 0 Å². The van der Waals surface area contributed by atoms with Crippen LogP contribution in [-0.4, -0.2) is 71.5 Å². The van der Waals surface area contributed by atoms with Gasteiger partial charge in [0.15, 0.2) is 0 Å². The summed E-state index contributed by atoms with van der Waals surface area (Å²) in [6, 6.07) is 8.19. The predicted molar refractivity (Wildman–Crippen MR) is 94.5 cm³/mol. The lowest BCUT2D eigenvalue weighted by molar-refractivity contribution is -0.131. The molecule has 132 valence electrons. The third-order valence-electron chi connectivity index (χ3n) is 5.11. The molecule has 0 bridgehead atoms. The van der Waals surface area contributed by atoms with Crippen molar-refractivity contribution in [2.75, 3.05) is 45.8 Å². The van der Waals surface area contributed by atoms with Gasteiger partial charge < -0.3 is 10.0 Å². The molecule has 0 aromatic heterocycles. The molecule has 0 atom stereocenters. The van der Waals surface area contributed by atoms with E-state index in [2.05, 4.69) is 21.9 Å². The number of carbonyl (C=O) groups is 1. The SMILES string of the molecule is O=C(CN1CCCN(Cc2ccc(CO)cc2)CC1)N1CCCC1. The lowest BCUT2D eigenvalue weighted by atomic mass is 10.1. The second kappa shape index (κ2) is 8.60. The first kappa shape index (κ1) is 17.4. The minimum absolute atomic E-state index is 0.101. The number of hydrogen-bond acceptors (Lipinski definition) is 4. The molecule has 1 N–H and O–H groups in total. The molecule has 2 heterocycles. The van der Waals surface area contributed by atoms with E-state index in [9.17, 15) is 4.79 Å². The minimum atomic E-state index is 0.101. The summed E-state index contributed by atoms with van der Waals surface area (Å²) >= 11 is 0. The summed E-state index contributed by atoms with van der Waals surface area (Å²) in [4.78, 5) is 19.1. The summed E-state index contributed by atoms with van der Waals surface area (Å²) in [5, 5.41) is 9.12. The molecule has 2 aliphatic rings. The van der Waals surface area contributed by atoms with Crippen LogP contribution in [0.2, 0.25) is 0 Å². The van der Waals surface area contributed by atoms with Crippen molar-refractivity contribution in [1.29, 1.82) is 0 Å². The second-order valence-corrected chi connectivity index (χ2v) is 6.97. The number of nitrogens with zero attached hydrogens (tertiary/aromatic N) is 3. The molecular weight excluding hydrogens is 302 g/mol. The first-order valence-corrected chi connectivity index (χ1v) is 9.16. The van der Waals surface area contributed by atoms with Gasteiger partial charge in [0.2, 0.25) is 5.91 Å². The summed E-state index contributed by atoms with van der Waals surface area (Å²) in [5.41, 5.74) is 2.25. The van der Waals surface area contributed by atoms with E-state index in [1.165, 1.54) is 5.56 Å². The maximum atomic E-state index is 12.3. The fraction of sp³-hybridized carbons (Fsp3) is 0.632. The van der Waals surface area contributed by atoms with Crippen molar-refractivity contribution in [2.45, 2.75) is 32.4 Å². The quantitative estimate of drug-likeness (QED) is 0.884. The molecule has 0 saturated carbocycles. The van der Waals surface area contributed by atoms with Crippen molar-refractivity contribution in [1.82, 2.24) is 14.7 Å². The fourth-order valence-corrected chi connectivity index (χ4v) is 3.61. The predicted octanol–water partition coefficient (Wildman–Crippen LogP) is 1.31. The van der Waals surface area contributed by atoms with E-state index in [0.29, 0.717) is 12.5 Å². The zero-order valence-electron chi connectivity index (χ0n) is 14.5. The average Bonchev–Trinajstić information content (AvgIpc) is 3.06. The largest absolute Gasteiger partial charge is 0.392 e. The monoisotopic (exact) mass is 331 g/mol. The van der Waals surface area contributed by atoms with Crippen molar-refractivity contribution < 1.29 is 9.90 Å². The van der Waals surface area contributed by atoms with E-state index < -0.39 is 0 Å². The average molecular weight is 331 g/mol. The van der Waals surface area contributed by atoms with Crippen LogP contribution in [0.3, 0.4) is 0 Å². The Bertz CT molecular complexity index is 526. The Hall–Kier alpha value is -1.43. The topological polar surface area (TPSA) is 47.0 Å². The van der Waals surface area contributed by atoms with Crippen molar-refractivity contribution in [3.8, 4) is 0 Å². The highest BCUT2D eigenvalue weighted by molar-refractivity contribution is 5.78. The highest BCUT2D eigenvalue weighted by Gasteiger charge is 2.22. The van der Waals surface area contributed by atoms with Gasteiger partial charge in [-0.15, -0.1) is 0 Å². The van der Waals surface area contributed by atoms with Crippen LogP contribution in [0.1, 0.15) is 30.4 Å². The van der Waals surface area contributed by atoms with E-state index in [4.69, 9.17) is 5.11 Å². The lowest BCUT2D eigenvalue weighted by Gasteiger charge is -2.24. The molecule has 1 aromatic carbocycles. The summed E-state index contributed by atoms with van der Waals surface area (Å²) < 4.78 is 0. The Morgan fingerprint density at radius 2 is 1.46 bits per heavy atom. The first-order valence-electron chi connectivity index (χ1n) is 9.16. The molecule has 5 nitrogen and oxygen atoms in total. The molecule has 0 aliphatic carbocycles. The Morgan fingerprint density at radius 3 is 2.17 bits per heavy atom. The van der Waals surface area contributed by atoms with Crippen LogP contribution in [0.5, 0.6) is 0 Å². The minimum Gasteiger partial charge on any atom is -0.392 e. The second-order valence-electron chi connectivity index (χ2n) is 6.97. The van der Waals surface area contributed by atoms with Crippen molar-refractivity contribution in [2.24, 2.45) is 0 Å². The summed E-state index contributed by atoms with van der Waals surface area (Å²) in [6.45, 7) is 7.59. The maximum Gasteiger partial charge on any atom is 0.236 e. The third kappa shape index (κ3) is 4.79. The zero-order chi connectivity index (χ0) is 16.8. The van der Waals surface area contributed by atoms with E-state index in [-0.39, 0.29) is 6.61 Å². The van der Waals surface area contributed by atoms with Gasteiger partial charge in [-0.3, -0.25) is 14.6 Å². The van der Waals surface area contributed by atoms with Gasteiger partial charge in [0.25, 0.3) is 0 Å². The Labute approximate surface area is 144 Å². The van der Waals surface area contributed by atoms with E-state index in [1.54, 1.807) is 0 Å². The number of aliphatic hydroxyl groups excluding tert-OH is 1. The van der Waals surface area contributed by atoms with Gasteiger partial charge >= 0.3 is 0 Å². The number of aliphatic hydroxyl groups is 1. The summed E-state index contributed by atoms with van der Waals surface area (Å²) in [6.07, 6.45) is 3.44. The number of amides is 1. The van der Waals surface area contributed by atoms with Gasteiger partial charge in [0, 0.05) is 32.7 Å². The third-order valence-corrected chi connectivity index (χ3v) is 5.11. The van der Waals surface area contributed by atoms with Gasteiger partial charge in [0.05, 0.1) is 13.2 Å². The molecule has 3 rings (SSSR count). The molecule has 1 amide bonds. The molecule has 1 aromatic rings. The highest BCUT2D eigenvalue weighted by Crippen LogP contribution is 2.12. The fourth-order valence-electron chi connectivity index (χ4n) is 3.61. The Morgan fingerprint density at radius 1 is 0.833 bits per heavy atom. The lowest BCUT2D eigenvalue weighted by Crippen LogP contribution is -2.40. The summed E-state index contributed by atoms with van der Waals surface area (Å²) in [7, 11) is 0. The molecule has 2 fully saturated rings. The van der Waals surface area contributed by atoms with Gasteiger partial charge in [-0.25, -0.2) is 0 Å². The summed E-state index contributed by atoms with van der Waals surface area (Å²) in [5.74, 6) is 0.306. The molecule has 0 spiro atoms. The highest BCUT2D eigenvalue weighted by atomic mass is 16.3. The molecule has 0 unspecified atom stereocenters. The number of hydrogen-bond donors (Lipinski definition) is 1. The first-order chi connectivity index (χ1) is 11.7. The Balaban J connectivity index is 1.46. The number of likely N-dealkylation sites (tertiary alicyclic amines) is 1. The van der Waals surface area contributed by atoms with E-state index in [1.807, 2.05) is 17.0 Å². The van der Waals surface area contributed by atoms with Crippen molar-refractivity contribution in [3.63, 3.8) is 0 Å². The van der Waals surface area contributed by atoms with Crippen LogP contribution in [0.15, 0.2) is 24.3 Å². The van der Waals surface area contributed by atoms with Gasteiger partial charge in [-0.2, -0.15) is 0 Å². The maximum absolute atomic E-state index is 12.3. The molecular formula is C19H29N3O2. The molecule has 5 heteroatoms. The molecule has 2 aliphatic heterocycles. The van der Waals surface area contributed by atoms with Crippen molar-refractivity contribution in [3.05, 3.63) is 35.4 Å². The smallest absolute Gasteiger partial charge is 0.236 e. The molecule has 24 heavy (non-hydrogen) atoms. The number of rotatable bonds is 5. The van der Waals surface area contributed by atoms with Crippen LogP contribution in [0.25, 0.3) is 0 Å². The van der Waals surface area contributed by atoms with Crippen LogP contribution in [0.4, 0.5) is 0 Å². The van der Waals surface area contributed by atoms with Crippen LogP contribution in [-0.2, 0) is 17.9 Å². The molecule has 0 radical (unpaired) electrons. The Kier molecular flexibility index (Phi) is 6.24. The number of benzene rings is 1. The standard InChI is InChI=1S/C19H29N3O2/c23-16-18-6-4-17(5-7-18)14-20-8-3-9-21(13-12-20)15-19(24)22-10-1-2-11-22/h4-7,23H,1-3,8-16H2. The van der Waals surface area contributed by atoms with E-state index >= 15 is 0 Å². The van der Waals surface area contributed by atoms with E-state index in [0.717, 1.165) is 70.6 Å². The van der Waals surface area contributed by atoms with Gasteiger partial charge in [0.1, 0.15) is 0 Å². The normalized spacial score (nSPS) is 20.3. The number of carbonyl (C=O) groups excluding carboxylic acids is 1. The van der Waals surface area contributed by atoms with Crippen LogP contribution >= 0.6 is 0 Å².